The Hall–Kier alpha value is -0.480. The van der Waals surface area contributed by atoms with Gasteiger partial charge < -0.3 is 5.32 Å². The van der Waals surface area contributed by atoms with Crippen LogP contribution in [-0.4, -0.2) is 44.4 Å². The van der Waals surface area contributed by atoms with E-state index in [0.717, 1.165) is 12.8 Å². The van der Waals surface area contributed by atoms with Crippen molar-refractivity contribution in [3.8, 4) is 0 Å². The maximum Gasteiger partial charge on any atom is 0.434 e. The van der Waals surface area contributed by atoms with Crippen molar-refractivity contribution in [2.75, 3.05) is 14.1 Å². The van der Waals surface area contributed by atoms with Gasteiger partial charge in [0.2, 0.25) is 0 Å². The quantitative estimate of drug-likeness (QED) is 0.376. The van der Waals surface area contributed by atoms with Crippen LogP contribution >= 0.6 is 0 Å². The molecule has 0 aromatic rings. The highest BCUT2D eigenvalue weighted by Gasteiger charge is 2.69. The largest absolute Gasteiger partial charge is 0.434 e. The molecule has 0 fully saturated rings. The zero-order valence-electron chi connectivity index (χ0n) is 12.9. The van der Waals surface area contributed by atoms with E-state index in [4.69, 9.17) is 4.55 Å². The second-order valence-corrected chi connectivity index (χ2v) is 6.25. The average molecular weight is 357 g/mol. The monoisotopic (exact) mass is 357 g/mol. The molecule has 0 aromatic carbocycles. The van der Waals surface area contributed by atoms with Crippen molar-refractivity contribution in [3.05, 3.63) is 0 Å². The van der Waals surface area contributed by atoms with Gasteiger partial charge in [-0.05, 0) is 20.5 Å². The molecule has 0 aliphatic carbocycles. The van der Waals surface area contributed by atoms with Gasteiger partial charge in [-0.25, -0.2) is 4.39 Å². The Morgan fingerprint density at radius 3 is 1.82 bits per heavy atom. The van der Waals surface area contributed by atoms with Gasteiger partial charge in [0, 0.05) is 0 Å². The lowest BCUT2D eigenvalue weighted by Crippen LogP contribution is -2.52. The van der Waals surface area contributed by atoms with Crippen LogP contribution in [0.15, 0.2) is 0 Å². The average Bonchev–Trinajstić information content (AvgIpc) is 2.37. The first kappa shape index (κ1) is 23.8. The summed E-state index contributed by atoms with van der Waals surface area (Å²) in [5.41, 5.74) is 0. The number of unbranched alkanes of at least 4 members (excludes halogenated alkanes) is 4. The molecule has 0 rings (SSSR count). The van der Waals surface area contributed by atoms with E-state index in [0.29, 0.717) is 12.8 Å². The molecule has 0 saturated heterocycles. The first-order valence-corrected chi connectivity index (χ1v) is 8.29. The molecule has 0 radical (unpaired) electrons. The van der Waals surface area contributed by atoms with Crippen LogP contribution in [0, 0.1) is 0 Å². The summed E-state index contributed by atoms with van der Waals surface area (Å²) >= 11 is 0. The third-order valence-electron chi connectivity index (χ3n) is 2.67. The first-order valence-electron chi connectivity index (χ1n) is 6.85. The Morgan fingerprint density at radius 1 is 1.05 bits per heavy atom. The Bertz CT molecular complexity index is 390. The van der Waals surface area contributed by atoms with Crippen LogP contribution in [0.3, 0.4) is 0 Å². The zero-order chi connectivity index (χ0) is 18.0. The van der Waals surface area contributed by atoms with Crippen LogP contribution in [0.25, 0.3) is 0 Å². The van der Waals surface area contributed by atoms with Crippen molar-refractivity contribution >= 4 is 10.1 Å². The van der Waals surface area contributed by atoms with Gasteiger partial charge in [0.05, 0.1) is 0 Å². The summed E-state index contributed by atoms with van der Waals surface area (Å²) in [6.07, 6.45) is -1.54. The molecule has 22 heavy (non-hydrogen) atoms. The van der Waals surface area contributed by atoms with Crippen molar-refractivity contribution in [2.45, 2.75) is 62.8 Å². The van der Waals surface area contributed by atoms with Gasteiger partial charge in [-0.2, -0.15) is 26.0 Å². The van der Waals surface area contributed by atoms with Crippen molar-refractivity contribution < 1.29 is 34.9 Å². The summed E-state index contributed by atoms with van der Waals surface area (Å²) in [4.78, 5) is 0. The van der Waals surface area contributed by atoms with E-state index in [1.807, 2.05) is 21.0 Å². The molecule has 0 heterocycles. The van der Waals surface area contributed by atoms with Gasteiger partial charge in [0.15, 0.2) is 6.17 Å². The SMILES string of the molecule is CCCCCCCC(F)C(F)(F)C(F)(F)S(=O)(=O)O.CNC. The van der Waals surface area contributed by atoms with Gasteiger partial charge in [-0.1, -0.05) is 39.0 Å². The molecular formula is C12H24F5NO3S. The smallest absolute Gasteiger partial charge is 0.323 e. The Balaban J connectivity index is 0. The first-order chi connectivity index (χ1) is 9.90. The highest BCUT2D eigenvalue weighted by Crippen LogP contribution is 2.43. The van der Waals surface area contributed by atoms with Crippen LogP contribution in [-0.2, 0) is 10.1 Å². The maximum atomic E-state index is 13.1. The normalized spacial score (nSPS) is 14.2. The van der Waals surface area contributed by atoms with Crippen molar-refractivity contribution in [2.24, 2.45) is 0 Å². The molecule has 4 nitrogen and oxygen atoms in total. The standard InChI is InChI=1S/C10H17F5O3S.C2H7N/c1-2-3-4-5-6-7-8(11)9(12,13)10(14,15)19(16,17)18;1-3-2/h8H,2-7H2,1H3,(H,16,17,18);3H,1-2H3. The fourth-order valence-corrected chi connectivity index (χ4v) is 1.93. The third kappa shape index (κ3) is 7.19. The van der Waals surface area contributed by atoms with Gasteiger partial charge in [-0.3, -0.25) is 4.55 Å². The van der Waals surface area contributed by atoms with E-state index >= 15 is 0 Å². The molecule has 0 aromatic heterocycles. The summed E-state index contributed by atoms with van der Waals surface area (Å²) < 4.78 is 93.0. The van der Waals surface area contributed by atoms with Gasteiger partial charge in [0.1, 0.15) is 0 Å². The lowest BCUT2D eigenvalue weighted by Gasteiger charge is -2.26. The molecule has 136 valence electrons. The Morgan fingerprint density at radius 2 is 1.45 bits per heavy atom. The van der Waals surface area contributed by atoms with Gasteiger partial charge in [-0.15, -0.1) is 0 Å². The maximum absolute atomic E-state index is 13.1. The molecule has 0 saturated carbocycles. The van der Waals surface area contributed by atoms with E-state index in [-0.39, 0.29) is 6.42 Å². The molecule has 0 aliphatic rings. The van der Waals surface area contributed by atoms with Crippen molar-refractivity contribution in [3.63, 3.8) is 0 Å². The van der Waals surface area contributed by atoms with Crippen molar-refractivity contribution in [1.82, 2.24) is 5.32 Å². The molecule has 0 bridgehead atoms. The fourth-order valence-electron chi connectivity index (χ4n) is 1.46. The van der Waals surface area contributed by atoms with Crippen LogP contribution in [0.5, 0.6) is 0 Å². The predicted molar refractivity (Wildman–Crippen MR) is 74.7 cm³/mol. The highest BCUT2D eigenvalue weighted by atomic mass is 32.2. The molecule has 0 amide bonds. The van der Waals surface area contributed by atoms with Crippen LogP contribution in [0.2, 0.25) is 0 Å². The number of rotatable bonds is 9. The number of nitrogens with one attached hydrogen (secondary N) is 1. The molecule has 1 atom stereocenters. The van der Waals surface area contributed by atoms with E-state index in [1.54, 1.807) is 0 Å². The molecule has 1 unspecified atom stereocenters. The zero-order valence-corrected chi connectivity index (χ0v) is 13.7. The third-order valence-corrected chi connectivity index (χ3v) is 3.59. The van der Waals surface area contributed by atoms with Crippen LogP contribution in [0.1, 0.15) is 45.4 Å². The molecular weight excluding hydrogens is 333 g/mol. The summed E-state index contributed by atoms with van der Waals surface area (Å²) in [6.45, 7) is 1.90. The minimum Gasteiger partial charge on any atom is -0.323 e. The molecule has 2 N–H and O–H groups in total. The summed E-state index contributed by atoms with van der Waals surface area (Å²) in [6, 6.07) is 0. The second kappa shape index (κ2) is 10.3. The van der Waals surface area contributed by atoms with Gasteiger partial charge in [0.25, 0.3) is 0 Å². The second-order valence-electron chi connectivity index (χ2n) is 4.79. The number of halogens is 5. The summed E-state index contributed by atoms with van der Waals surface area (Å²) in [7, 11) is -2.62. The van der Waals surface area contributed by atoms with Crippen molar-refractivity contribution in [1.29, 1.82) is 0 Å². The molecule has 0 spiro atoms. The van der Waals surface area contributed by atoms with E-state index in [2.05, 4.69) is 5.32 Å². The lowest BCUT2D eigenvalue weighted by molar-refractivity contribution is -0.198. The van der Waals surface area contributed by atoms with E-state index in [9.17, 15) is 30.4 Å². The predicted octanol–water partition coefficient (Wildman–Crippen LogP) is 3.64. The fraction of sp³-hybridized carbons (Fsp3) is 1.00. The minimum absolute atomic E-state index is 0.0572. The minimum atomic E-state index is -6.37. The topological polar surface area (TPSA) is 66.4 Å². The van der Waals surface area contributed by atoms with E-state index in [1.165, 1.54) is 0 Å². The van der Waals surface area contributed by atoms with Gasteiger partial charge >= 0.3 is 21.3 Å². The Kier molecular flexibility index (Phi) is 11.2. The molecule has 0 aliphatic heterocycles. The lowest BCUT2D eigenvalue weighted by atomic mass is 10.0. The highest BCUT2D eigenvalue weighted by molar-refractivity contribution is 7.87. The summed E-state index contributed by atoms with van der Waals surface area (Å²) in [5.74, 6) is -5.45. The number of hydrogen-bond acceptors (Lipinski definition) is 3. The summed E-state index contributed by atoms with van der Waals surface area (Å²) in [5, 5.41) is -3.08. The number of alkyl halides is 5. The molecule has 10 heteroatoms. The van der Waals surface area contributed by atoms with Crippen LogP contribution in [0.4, 0.5) is 22.0 Å². The van der Waals surface area contributed by atoms with Crippen LogP contribution < -0.4 is 5.32 Å². The Labute approximate surface area is 128 Å². The number of hydrogen-bond donors (Lipinski definition) is 2. The van der Waals surface area contributed by atoms with E-state index < -0.39 is 33.9 Å².